The van der Waals surface area contributed by atoms with E-state index >= 15 is 0 Å². The molecule has 0 bridgehead atoms. The standard InChI is InChI=1S/C17H12ClNO3/c18-9-4-5-13-11(6-9)17(16(20)19-13)7-12(17)10-2-1-3-14-15(10)22-8-21-14/h1-6,12H,7-8H2,(H,19,20). The van der Waals surface area contributed by atoms with Crippen molar-refractivity contribution in [1.29, 1.82) is 0 Å². The van der Waals surface area contributed by atoms with E-state index in [4.69, 9.17) is 21.1 Å². The minimum atomic E-state index is -0.513. The molecular formula is C17H12ClNO3. The van der Waals surface area contributed by atoms with E-state index in [1.54, 1.807) is 6.07 Å². The fraction of sp³-hybridized carbons (Fsp3) is 0.235. The van der Waals surface area contributed by atoms with Gasteiger partial charge in [-0.3, -0.25) is 4.79 Å². The molecule has 0 saturated heterocycles. The minimum Gasteiger partial charge on any atom is -0.454 e. The van der Waals surface area contributed by atoms with Gasteiger partial charge in [0.2, 0.25) is 12.7 Å². The lowest BCUT2D eigenvalue weighted by Gasteiger charge is -2.10. The largest absolute Gasteiger partial charge is 0.454 e. The molecule has 0 radical (unpaired) electrons. The molecule has 1 N–H and O–H groups in total. The number of hydrogen-bond acceptors (Lipinski definition) is 3. The van der Waals surface area contributed by atoms with Gasteiger partial charge >= 0.3 is 0 Å². The van der Waals surface area contributed by atoms with Gasteiger partial charge in [0.15, 0.2) is 11.5 Å². The first-order valence-electron chi connectivity index (χ1n) is 7.20. The highest BCUT2D eigenvalue weighted by Gasteiger charge is 2.66. The van der Waals surface area contributed by atoms with Crippen molar-refractivity contribution >= 4 is 23.2 Å². The predicted octanol–water partition coefficient (Wildman–Crippen LogP) is 3.45. The number of hydrogen-bond donors (Lipinski definition) is 1. The number of para-hydroxylation sites is 1. The molecule has 2 aliphatic heterocycles. The molecule has 5 rings (SSSR count). The van der Waals surface area contributed by atoms with E-state index in [0.717, 1.165) is 34.7 Å². The molecular weight excluding hydrogens is 302 g/mol. The van der Waals surface area contributed by atoms with Gasteiger partial charge in [0, 0.05) is 22.2 Å². The van der Waals surface area contributed by atoms with Crippen LogP contribution in [0.2, 0.25) is 5.02 Å². The van der Waals surface area contributed by atoms with Crippen LogP contribution in [0.25, 0.3) is 0 Å². The second kappa shape index (κ2) is 3.96. The Hall–Kier alpha value is -2.20. The van der Waals surface area contributed by atoms with Crippen molar-refractivity contribution in [3.05, 3.63) is 52.5 Å². The molecule has 4 nitrogen and oxygen atoms in total. The summed E-state index contributed by atoms with van der Waals surface area (Å²) in [6.07, 6.45) is 0.770. The summed E-state index contributed by atoms with van der Waals surface area (Å²) in [5.74, 6) is 1.67. The van der Waals surface area contributed by atoms with E-state index in [0.29, 0.717) is 5.02 Å². The molecule has 110 valence electrons. The average molecular weight is 314 g/mol. The first-order chi connectivity index (χ1) is 10.7. The Balaban J connectivity index is 1.64. The number of fused-ring (bicyclic) bond motifs is 3. The number of carbonyl (C=O) groups excluding carboxylic acids is 1. The highest BCUT2D eigenvalue weighted by atomic mass is 35.5. The lowest BCUT2D eigenvalue weighted by atomic mass is 9.91. The van der Waals surface area contributed by atoms with Crippen LogP contribution in [0.5, 0.6) is 11.5 Å². The Morgan fingerprint density at radius 1 is 1.23 bits per heavy atom. The smallest absolute Gasteiger partial charge is 0.235 e. The topological polar surface area (TPSA) is 47.6 Å². The summed E-state index contributed by atoms with van der Waals surface area (Å²) in [5.41, 5.74) is 2.38. The molecule has 22 heavy (non-hydrogen) atoms. The van der Waals surface area contributed by atoms with Gasteiger partial charge in [0.25, 0.3) is 0 Å². The monoisotopic (exact) mass is 313 g/mol. The van der Waals surface area contributed by atoms with Crippen LogP contribution in [-0.4, -0.2) is 12.7 Å². The van der Waals surface area contributed by atoms with Crippen molar-refractivity contribution in [3.63, 3.8) is 0 Å². The van der Waals surface area contributed by atoms with Crippen LogP contribution in [0.15, 0.2) is 36.4 Å². The highest BCUT2D eigenvalue weighted by Crippen LogP contribution is 2.67. The minimum absolute atomic E-state index is 0.0475. The zero-order valence-corrected chi connectivity index (χ0v) is 12.3. The summed E-state index contributed by atoms with van der Waals surface area (Å²) < 4.78 is 11.0. The van der Waals surface area contributed by atoms with Gasteiger partial charge in [-0.2, -0.15) is 0 Å². The van der Waals surface area contributed by atoms with Gasteiger partial charge < -0.3 is 14.8 Å². The molecule has 2 aromatic rings. The Morgan fingerprint density at radius 2 is 2.14 bits per heavy atom. The number of benzene rings is 2. The maximum atomic E-state index is 12.6. The van der Waals surface area contributed by atoms with E-state index in [9.17, 15) is 4.79 Å². The number of nitrogens with one attached hydrogen (secondary N) is 1. The summed E-state index contributed by atoms with van der Waals surface area (Å²) in [6, 6.07) is 11.4. The van der Waals surface area contributed by atoms with Gasteiger partial charge in [0.1, 0.15) is 0 Å². The SMILES string of the molecule is O=C1Nc2ccc(Cl)cc2C12CC2c1cccc2c1OCO2. The Morgan fingerprint density at radius 3 is 3.05 bits per heavy atom. The number of halogens is 1. The molecule has 1 amide bonds. The van der Waals surface area contributed by atoms with E-state index in [1.165, 1.54) is 0 Å². The number of amides is 1. The van der Waals surface area contributed by atoms with Crippen LogP contribution in [0.4, 0.5) is 5.69 Å². The molecule has 1 aliphatic carbocycles. The van der Waals surface area contributed by atoms with E-state index in [2.05, 4.69) is 5.32 Å². The van der Waals surface area contributed by atoms with Crippen molar-refractivity contribution in [2.45, 2.75) is 17.8 Å². The maximum Gasteiger partial charge on any atom is 0.235 e. The van der Waals surface area contributed by atoms with Gasteiger partial charge in [-0.1, -0.05) is 23.7 Å². The van der Waals surface area contributed by atoms with Crippen LogP contribution >= 0.6 is 11.6 Å². The summed E-state index contributed by atoms with van der Waals surface area (Å²) in [5, 5.41) is 3.63. The molecule has 2 atom stereocenters. The van der Waals surface area contributed by atoms with Crippen molar-refractivity contribution in [1.82, 2.24) is 0 Å². The van der Waals surface area contributed by atoms with Crippen molar-refractivity contribution in [2.24, 2.45) is 0 Å². The van der Waals surface area contributed by atoms with Crippen molar-refractivity contribution in [3.8, 4) is 11.5 Å². The van der Waals surface area contributed by atoms with Gasteiger partial charge in [-0.15, -0.1) is 0 Å². The molecule has 0 aromatic heterocycles. The molecule has 1 spiro atoms. The quantitative estimate of drug-likeness (QED) is 0.877. The van der Waals surface area contributed by atoms with Crippen LogP contribution in [0.1, 0.15) is 23.5 Å². The lowest BCUT2D eigenvalue weighted by molar-refractivity contribution is -0.118. The number of carbonyl (C=O) groups is 1. The highest BCUT2D eigenvalue weighted by molar-refractivity contribution is 6.31. The first kappa shape index (κ1) is 12.4. The average Bonchev–Trinajstić information content (AvgIpc) is 2.96. The van der Waals surface area contributed by atoms with Gasteiger partial charge in [-0.05, 0) is 36.2 Å². The zero-order chi connectivity index (χ0) is 14.9. The summed E-state index contributed by atoms with van der Waals surface area (Å²) >= 11 is 6.13. The van der Waals surface area contributed by atoms with Gasteiger partial charge in [0.05, 0.1) is 5.41 Å². The fourth-order valence-electron chi connectivity index (χ4n) is 3.76. The second-order valence-corrected chi connectivity index (χ2v) is 6.39. The third kappa shape index (κ3) is 1.40. The van der Waals surface area contributed by atoms with Crippen LogP contribution in [0.3, 0.4) is 0 Å². The molecule has 2 aromatic carbocycles. The first-order valence-corrected chi connectivity index (χ1v) is 7.58. The summed E-state index contributed by atoms with van der Waals surface area (Å²) in [6.45, 7) is 0.237. The van der Waals surface area contributed by atoms with Gasteiger partial charge in [-0.25, -0.2) is 0 Å². The van der Waals surface area contributed by atoms with Crippen LogP contribution < -0.4 is 14.8 Å². The number of ether oxygens (including phenoxy) is 2. The Labute approximate surface area is 132 Å². The summed E-state index contributed by atoms with van der Waals surface area (Å²) in [4.78, 5) is 12.6. The molecule has 1 fully saturated rings. The van der Waals surface area contributed by atoms with Crippen LogP contribution in [-0.2, 0) is 10.2 Å². The Kier molecular flexibility index (Phi) is 2.22. The van der Waals surface area contributed by atoms with E-state index in [-0.39, 0.29) is 18.6 Å². The van der Waals surface area contributed by atoms with E-state index in [1.807, 2.05) is 30.3 Å². The second-order valence-electron chi connectivity index (χ2n) is 5.95. The number of anilines is 1. The molecule has 1 saturated carbocycles. The van der Waals surface area contributed by atoms with Crippen molar-refractivity contribution < 1.29 is 14.3 Å². The molecule has 2 unspecified atom stereocenters. The third-order valence-corrected chi connectivity index (χ3v) is 5.11. The number of rotatable bonds is 1. The van der Waals surface area contributed by atoms with Crippen molar-refractivity contribution in [2.75, 3.05) is 12.1 Å². The fourth-order valence-corrected chi connectivity index (χ4v) is 3.94. The predicted molar refractivity (Wildman–Crippen MR) is 81.7 cm³/mol. The summed E-state index contributed by atoms with van der Waals surface area (Å²) in [7, 11) is 0. The Bertz CT molecular complexity index is 835. The van der Waals surface area contributed by atoms with Crippen LogP contribution in [0, 0.1) is 0 Å². The van der Waals surface area contributed by atoms with E-state index < -0.39 is 5.41 Å². The lowest BCUT2D eigenvalue weighted by Crippen LogP contribution is -2.21. The molecule has 2 heterocycles. The zero-order valence-electron chi connectivity index (χ0n) is 11.6. The maximum absolute atomic E-state index is 12.6. The molecule has 3 aliphatic rings. The normalized spacial score (nSPS) is 27.0. The third-order valence-electron chi connectivity index (χ3n) is 4.88. The molecule has 5 heteroatoms.